The summed E-state index contributed by atoms with van der Waals surface area (Å²) in [5.74, 6) is 0.151. The highest BCUT2D eigenvalue weighted by Gasteiger charge is 2.20. The molecule has 1 aromatic rings. The topological polar surface area (TPSA) is 81.3 Å². The average molecular weight is 250 g/mol. The van der Waals surface area contributed by atoms with Gasteiger partial charge in [0.25, 0.3) is 0 Å². The van der Waals surface area contributed by atoms with Gasteiger partial charge in [0.2, 0.25) is 5.95 Å². The van der Waals surface area contributed by atoms with Gasteiger partial charge in [-0.3, -0.25) is 0 Å². The van der Waals surface area contributed by atoms with Crippen LogP contribution in [0.1, 0.15) is 29.0 Å². The van der Waals surface area contributed by atoms with Crippen LogP contribution in [0.3, 0.4) is 0 Å². The maximum Gasteiger partial charge on any atom is 0.356 e. The fourth-order valence-electron chi connectivity index (χ4n) is 2.00. The van der Waals surface area contributed by atoms with Crippen molar-refractivity contribution in [1.82, 2.24) is 9.97 Å². The second-order valence-corrected chi connectivity index (χ2v) is 4.51. The number of carbonyl (C=O) groups excluding carboxylic acids is 1. The van der Waals surface area contributed by atoms with Crippen LogP contribution in [-0.2, 0) is 4.74 Å². The highest BCUT2D eigenvalue weighted by Crippen LogP contribution is 2.16. The molecule has 6 nitrogen and oxygen atoms in total. The molecule has 0 atom stereocenters. The van der Waals surface area contributed by atoms with Crippen LogP contribution in [0.4, 0.5) is 5.95 Å². The van der Waals surface area contributed by atoms with E-state index in [2.05, 4.69) is 19.6 Å². The molecule has 1 aliphatic rings. The van der Waals surface area contributed by atoms with Crippen molar-refractivity contribution < 1.29 is 9.53 Å². The molecule has 18 heavy (non-hydrogen) atoms. The number of hydrogen-bond acceptors (Lipinski definition) is 6. The lowest BCUT2D eigenvalue weighted by Gasteiger charge is -2.30. The second kappa shape index (κ2) is 5.30. The Bertz CT molecular complexity index is 442. The van der Waals surface area contributed by atoms with Gasteiger partial charge >= 0.3 is 5.97 Å². The van der Waals surface area contributed by atoms with Gasteiger partial charge in [-0.2, -0.15) is 0 Å². The fourth-order valence-corrected chi connectivity index (χ4v) is 2.00. The van der Waals surface area contributed by atoms with Gasteiger partial charge in [0, 0.05) is 24.8 Å². The van der Waals surface area contributed by atoms with Crippen molar-refractivity contribution in [3.8, 4) is 0 Å². The van der Waals surface area contributed by atoms with Gasteiger partial charge in [0.05, 0.1) is 7.11 Å². The highest BCUT2D eigenvalue weighted by atomic mass is 16.5. The van der Waals surface area contributed by atoms with Gasteiger partial charge in [-0.15, -0.1) is 0 Å². The molecule has 2 N–H and O–H groups in total. The zero-order valence-corrected chi connectivity index (χ0v) is 10.7. The SMILES string of the molecule is COC(=O)c1cc(C)nc(N2CCC(N)CC2)n1. The summed E-state index contributed by atoms with van der Waals surface area (Å²) in [6.07, 6.45) is 1.84. The molecule has 98 valence electrons. The molecule has 6 heteroatoms. The first-order chi connectivity index (χ1) is 8.60. The Labute approximate surface area is 106 Å². The number of aryl methyl sites for hydroxylation is 1. The molecule has 0 spiro atoms. The summed E-state index contributed by atoms with van der Waals surface area (Å²) in [5.41, 5.74) is 6.92. The summed E-state index contributed by atoms with van der Waals surface area (Å²) in [5, 5.41) is 0. The number of methoxy groups -OCH3 is 1. The van der Waals surface area contributed by atoms with Gasteiger partial charge in [0.1, 0.15) is 0 Å². The smallest absolute Gasteiger partial charge is 0.356 e. The third-order valence-electron chi connectivity index (χ3n) is 3.06. The summed E-state index contributed by atoms with van der Waals surface area (Å²) in [7, 11) is 1.35. The van der Waals surface area contributed by atoms with Gasteiger partial charge in [0.15, 0.2) is 5.69 Å². The standard InChI is InChI=1S/C12H18N4O2/c1-8-7-10(11(17)18-2)15-12(14-8)16-5-3-9(13)4-6-16/h7,9H,3-6,13H2,1-2H3. The first-order valence-electron chi connectivity index (χ1n) is 6.04. The molecule has 0 amide bonds. The number of esters is 1. The van der Waals surface area contributed by atoms with Gasteiger partial charge < -0.3 is 15.4 Å². The molecule has 0 bridgehead atoms. The minimum atomic E-state index is -0.435. The third-order valence-corrected chi connectivity index (χ3v) is 3.06. The molecule has 0 saturated carbocycles. The van der Waals surface area contributed by atoms with Gasteiger partial charge in [-0.1, -0.05) is 0 Å². The lowest BCUT2D eigenvalue weighted by atomic mass is 10.1. The molecule has 1 fully saturated rings. The molecule has 1 aliphatic heterocycles. The van der Waals surface area contributed by atoms with Crippen LogP contribution in [0.2, 0.25) is 0 Å². The van der Waals surface area contributed by atoms with Crippen LogP contribution in [0, 0.1) is 6.92 Å². The van der Waals surface area contributed by atoms with E-state index >= 15 is 0 Å². The van der Waals surface area contributed by atoms with Crippen LogP contribution < -0.4 is 10.6 Å². The van der Waals surface area contributed by atoms with Crippen molar-refractivity contribution in [2.24, 2.45) is 5.73 Å². The molecule has 2 heterocycles. The van der Waals surface area contributed by atoms with Crippen molar-refractivity contribution in [1.29, 1.82) is 0 Å². The number of aromatic nitrogens is 2. The number of ether oxygens (including phenoxy) is 1. The summed E-state index contributed by atoms with van der Waals surface area (Å²) < 4.78 is 4.68. The quantitative estimate of drug-likeness (QED) is 0.770. The van der Waals surface area contributed by atoms with Crippen LogP contribution in [-0.4, -0.2) is 42.2 Å². The van der Waals surface area contributed by atoms with Crippen LogP contribution in [0.5, 0.6) is 0 Å². The maximum atomic E-state index is 11.5. The van der Waals surface area contributed by atoms with Gasteiger partial charge in [-0.25, -0.2) is 14.8 Å². The van der Waals surface area contributed by atoms with Crippen molar-refractivity contribution in [3.05, 3.63) is 17.5 Å². The Kier molecular flexibility index (Phi) is 3.76. The Morgan fingerprint density at radius 2 is 2.11 bits per heavy atom. The summed E-state index contributed by atoms with van der Waals surface area (Å²) in [6.45, 7) is 3.49. The number of carbonyl (C=O) groups is 1. The maximum absolute atomic E-state index is 11.5. The zero-order chi connectivity index (χ0) is 13.1. The molecule has 0 aromatic carbocycles. The van der Waals surface area contributed by atoms with Gasteiger partial charge in [-0.05, 0) is 25.8 Å². The van der Waals surface area contributed by atoms with E-state index < -0.39 is 5.97 Å². The largest absolute Gasteiger partial charge is 0.464 e. The molecular weight excluding hydrogens is 232 g/mol. The van der Waals surface area contributed by atoms with E-state index in [1.807, 2.05) is 6.92 Å². The van der Waals surface area contributed by atoms with E-state index in [0.29, 0.717) is 11.6 Å². The Balaban J connectivity index is 2.22. The Hall–Kier alpha value is -1.69. The summed E-state index contributed by atoms with van der Waals surface area (Å²) in [6, 6.07) is 1.89. The number of anilines is 1. The highest BCUT2D eigenvalue weighted by molar-refractivity contribution is 5.87. The van der Waals surface area contributed by atoms with Crippen LogP contribution in [0.25, 0.3) is 0 Å². The zero-order valence-electron chi connectivity index (χ0n) is 10.7. The third kappa shape index (κ3) is 2.76. The number of nitrogens with two attached hydrogens (primary N) is 1. The minimum absolute atomic E-state index is 0.256. The number of hydrogen-bond donors (Lipinski definition) is 1. The molecular formula is C12H18N4O2. The van der Waals surface area contributed by atoms with E-state index in [9.17, 15) is 4.79 Å². The van der Waals surface area contributed by atoms with Crippen molar-refractivity contribution in [3.63, 3.8) is 0 Å². The first-order valence-corrected chi connectivity index (χ1v) is 6.04. The lowest BCUT2D eigenvalue weighted by molar-refractivity contribution is 0.0593. The average Bonchev–Trinajstić information content (AvgIpc) is 2.38. The Morgan fingerprint density at radius 1 is 1.44 bits per heavy atom. The Morgan fingerprint density at radius 3 is 2.72 bits per heavy atom. The fraction of sp³-hybridized carbons (Fsp3) is 0.583. The normalized spacial score (nSPS) is 16.7. The van der Waals surface area contributed by atoms with E-state index in [-0.39, 0.29) is 6.04 Å². The number of piperidine rings is 1. The molecule has 2 rings (SSSR count). The molecule has 1 aromatic heterocycles. The first kappa shape index (κ1) is 12.8. The monoisotopic (exact) mass is 250 g/mol. The van der Waals surface area contributed by atoms with E-state index in [1.165, 1.54) is 7.11 Å². The second-order valence-electron chi connectivity index (χ2n) is 4.51. The predicted octanol–water partition coefficient (Wildman–Crippen LogP) is 0.499. The molecule has 0 aliphatic carbocycles. The molecule has 1 saturated heterocycles. The van der Waals surface area contributed by atoms with Crippen molar-refractivity contribution in [2.75, 3.05) is 25.1 Å². The minimum Gasteiger partial charge on any atom is -0.464 e. The summed E-state index contributed by atoms with van der Waals surface area (Å²) in [4.78, 5) is 22.2. The van der Waals surface area contributed by atoms with E-state index in [1.54, 1.807) is 6.07 Å². The number of rotatable bonds is 2. The van der Waals surface area contributed by atoms with E-state index in [0.717, 1.165) is 31.6 Å². The predicted molar refractivity (Wildman–Crippen MR) is 67.5 cm³/mol. The number of nitrogens with zero attached hydrogens (tertiary/aromatic N) is 3. The van der Waals surface area contributed by atoms with Crippen LogP contribution in [0.15, 0.2) is 6.07 Å². The summed E-state index contributed by atoms with van der Waals surface area (Å²) >= 11 is 0. The molecule has 0 radical (unpaired) electrons. The molecule has 0 unspecified atom stereocenters. The van der Waals surface area contributed by atoms with Crippen molar-refractivity contribution >= 4 is 11.9 Å². The van der Waals surface area contributed by atoms with E-state index in [4.69, 9.17) is 5.73 Å². The van der Waals surface area contributed by atoms with Crippen molar-refractivity contribution in [2.45, 2.75) is 25.8 Å². The lowest BCUT2D eigenvalue weighted by Crippen LogP contribution is -2.40. The van der Waals surface area contributed by atoms with Crippen LogP contribution >= 0.6 is 0 Å².